The molecule has 0 spiro atoms. The third-order valence-corrected chi connectivity index (χ3v) is 3.67. The van der Waals surface area contributed by atoms with Crippen molar-refractivity contribution in [2.24, 2.45) is 5.92 Å². The number of non-ortho nitro benzene ring substituents is 1. The zero-order valence-corrected chi connectivity index (χ0v) is 11.0. The first-order chi connectivity index (χ1) is 9.15. The van der Waals surface area contributed by atoms with Crippen LogP contribution < -0.4 is 4.90 Å². The molecule has 1 aromatic carbocycles. The number of benzene rings is 1. The largest absolute Gasteiger partial charge is 0.371 e. The Bertz CT molecular complexity index is 488. The lowest BCUT2D eigenvalue weighted by Gasteiger charge is -2.20. The molecule has 1 fully saturated rings. The van der Waals surface area contributed by atoms with Crippen LogP contribution in [0.15, 0.2) is 18.2 Å². The Balaban J connectivity index is 2.21. The maximum Gasteiger partial charge on any atom is 0.270 e. The van der Waals surface area contributed by atoms with E-state index in [1.807, 2.05) is 0 Å². The Morgan fingerprint density at radius 3 is 2.95 bits per heavy atom. The van der Waals surface area contributed by atoms with Crippen molar-refractivity contribution in [2.75, 3.05) is 18.0 Å². The van der Waals surface area contributed by atoms with E-state index in [0.717, 1.165) is 25.2 Å². The van der Waals surface area contributed by atoms with E-state index in [2.05, 4.69) is 11.8 Å². The highest BCUT2D eigenvalue weighted by Crippen LogP contribution is 2.30. The Kier molecular flexibility index (Phi) is 4.14. The number of nitrogens with zero attached hydrogens (tertiary/aromatic N) is 2. The van der Waals surface area contributed by atoms with Gasteiger partial charge in [-0.3, -0.25) is 14.9 Å². The van der Waals surface area contributed by atoms with Gasteiger partial charge in [0.2, 0.25) is 0 Å². The van der Waals surface area contributed by atoms with Crippen LogP contribution in [0.3, 0.4) is 0 Å². The molecule has 1 heterocycles. The van der Waals surface area contributed by atoms with Gasteiger partial charge in [-0.05, 0) is 24.8 Å². The highest BCUT2D eigenvalue weighted by Gasteiger charge is 2.24. The first-order valence-corrected chi connectivity index (χ1v) is 6.64. The molecule has 5 nitrogen and oxygen atoms in total. The molecule has 19 heavy (non-hydrogen) atoms. The number of nitro benzene ring substituents is 1. The van der Waals surface area contributed by atoms with Gasteiger partial charge in [-0.25, -0.2) is 0 Å². The lowest BCUT2D eigenvalue weighted by molar-refractivity contribution is -0.384. The average molecular weight is 262 g/mol. The number of hydrogen-bond donors (Lipinski definition) is 0. The summed E-state index contributed by atoms with van der Waals surface area (Å²) < 4.78 is 0. The van der Waals surface area contributed by atoms with Crippen LogP contribution in [-0.2, 0) is 0 Å². The third kappa shape index (κ3) is 2.92. The second-order valence-electron chi connectivity index (χ2n) is 5.01. The highest BCUT2D eigenvalue weighted by atomic mass is 16.6. The molecule has 0 radical (unpaired) electrons. The van der Waals surface area contributed by atoms with E-state index in [4.69, 9.17) is 0 Å². The monoisotopic (exact) mass is 262 g/mol. The molecule has 0 N–H and O–H groups in total. The van der Waals surface area contributed by atoms with Crippen LogP contribution in [0.5, 0.6) is 0 Å². The fourth-order valence-electron chi connectivity index (χ4n) is 2.73. The smallest absolute Gasteiger partial charge is 0.270 e. The molecule has 0 aliphatic carbocycles. The number of anilines is 1. The normalized spacial score (nSPS) is 18.6. The van der Waals surface area contributed by atoms with Gasteiger partial charge in [0.25, 0.3) is 5.69 Å². The van der Waals surface area contributed by atoms with Crippen LogP contribution >= 0.6 is 0 Å². The molecule has 1 saturated heterocycles. The molecule has 0 aromatic heterocycles. The van der Waals surface area contributed by atoms with Gasteiger partial charge in [-0.2, -0.15) is 0 Å². The maximum absolute atomic E-state index is 11.1. The van der Waals surface area contributed by atoms with Crippen molar-refractivity contribution in [1.82, 2.24) is 0 Å². The van der Waals surface area contributed by atoms with Crippen molar-refractivity contribution in [3.8, 4) is 0 Å². The van der Waals surface area contributed by atoms with E-state index >= 15 is 0 Å². The molecule has 1 atom stereocenters. The second kappa shape index (κ2) is 5.82. The zero-order valence-electron chi connectivity index (χ0n) is 11.0. The molecule has 102 valence electrons. The van der Waals surface area contributed by atoms with Crippen molar-refractivity contribution in [3.63, 3.8) is 0 Å². The molecule has 1 aliphatic rings. The molecule has 0 amide bonds. The minimum absolute atomic E-state index is 0.0323. The van der Waals surface area contributed by atoms with E-state index in [-0.39, 0.29) is 5.69 Å². The van der Waals surface area contributed by atoms with Gasteiger partial charge in [-0.1, -0.05) is 13.3 Å². The van der Waals surface area contributed by atoms with Crippen LogP contribution in [0.2, 0.25) is 0 Å². The SMILES string of the molecule is CCCC1CCN(c2ccc([N+](=O)[O-])cc2C=O)C1. The minimum atomic E-state index is -0.472. The zero-order chi connectivity index (χ0) is 13.8. The summed E-state index contributed by atoms with van der Waals surface area (Å²) in [5.41, 5.74) is 1.20. The maximum atomic E-state index is 11.1. The van der Waals surface area contributed by atoms with Gasteiger partial charge in [0.15, 0.2) is 6.29 Å². The van der Waals surface area contributed by atoms with Crippen molar-refractivity contribution < 1.29 is 9.72 Å². The number of hydrogen-bond acceptors (Lipinski definition) is 4. The topological polar surface area (TPSA) is 63.4 Å². The predicted molar refractivity (Wildman–Crippen MR) is 73.7 cm³/mol. The van der Waals surface area contributed by atoms with Crippen LogP contribution in [0, 0.1) is 16.0 Å². The van der Waals surface area contributed by atoms with E-state index < -0.39 is 4.92 Å². The lowest BCUT2D eigenvalue weighted by Crippen LogP contribution is -2.21. The molecule has 1 unspecified atom stereocenters. The summed E-state index contributed by atoms with van der Waals surface area (Å²) in [4.78, 5) is 23.5. The summed E-state index contributed by atoms with van der Waals surface area (Å²) in [6.45, 7) is 4.03. The molecule has 0 saturated carbocycles. The number of nitro groups is 1. The second-order valence-corrected chi connectivity index (χ2v) is 5.01. The Labute approximate surface area is 112 Å². The molecular weight excluding hydrogens is 244 g/mol. The molecule has 0 bridgehead atoms. The number of carbonyl (C=O) groups is 1. The Morgan fingerprint density at radius 1 is 1.53 bits per heavy atom. The van der Waals surface area contributed by atoms with E-state index in [1.165, 1.54) is 25.0 Å². The summed E-state index contributed by atoms with van der Waals surface area (Å²) in [6.07, 6.45) is 4.19. The fourth-order valence-corrected chi connectivity index (χ4v) is 2.73. The van der Waals surface area contributed by atoms with Gasteiger partial charge in [0.05, 0.1) is 4.92 Å². The van der Waals surface area contributed by atoms with Gasteiger partial charge in [-0.15, -0.1) is 0 Å². The molecule has 1 aliphatic heterocycles. The number of carbonyl (C=O) groups excluding carboxylic acids is 1. The van der Waals surface area contributed by atoms with Crippen LogP contribution in [0.4, 0.5) is 11.4 Å². The third-order valence-electron chi connectivity index (χ3n) is 3.67. The van der Waals surface area contributed by atoms with Gasteiger partial charge < -0.3 is 4.90 Å². The van der Waals surface area contributed by atoms with Gasteiger partial charge >= 0.3 is 0 Å². The van der Waals surface area contributed by atoms with E-state index in [9.17, 15) is 14.9 Å². The Hall–Kier alpha value is -1.91. The van der Waals surface area contributed by atoms with Crippen molar-refractivity contribution in [2.45, 2.75) is 26.2 Å². The quantitative estimate of drug-likeness (QED) is 0.465. The summed E-state index contributed by atoms with van der Waals surface area (Å²) in [6, 6.07) is 4.52. The summed E-state index contributed by atoms with van der Waals surface area (Å²) in [5, 5.41) is 10.7. The van der Waals surface area contributed by atoms with Crippen molar-refractivity contribution in [3.05, 3.63) is 33.9 Å². The van der Waals surface area contributed by atoms with E-state index in [1.54, 1.807) is 6.07 Å². The fraction of sp³-hybridized carbons (Fsp3) is 0.500. The first kappa shape index (κ1) is 13.5. The molecule has 2 rings (SSSR count). The average Bonchev–Trinajstić information content (AvgIpc) is 2.86. The van der Waals surface area contributed by atoms with Crippen molar-refractivity contribution >= 4 is 17.7 Å². The molecule has 5 heteroatoms. The lowest BCUT2D eigenvalue weighted by atomic mass is 10.0. The summed E-state index contributed by atoms with van der Waals surface area (Å²) in [5.74, 6) is 0.666. The first-order valence-electron chi connectivity index (χ1n) is 6.64. The van der Waals surface area contributed by atoms with Crippen LogP contribution in [-0.4, -0.2) is 24.3 Å². The van der Waals surface area contributed by atoms with Crippen LogP contribution in [0.1, 0.15) is 36.5 Å². The summed E-state index contributed by atoms with van der Waals surface area (Å²) in [7, 11) is 0. The predicted octanol–water partition coefficient (Wildman–Crippen LogP) is 3.03. The highest BCUT2D eigenvalue weighted by molar-refractivity contribution is 5.86. The minimum Gasteiger partial charge on any atom is -0.371 e. The van der Waals surface area contributed by atoms with Crippen molar-refractivity contribution in [1.29, 1.82) is 0 Å². The van der Waals surface area contributed by atoms with E-state index in [0.29, 0.717) is 17.8 Å². The summed E-state index contributed by atoms with van der Waals surface area (Å²) >= 11 is 0. The van der Waals surface area contributed by atoms with Crippen LogP contribution in [0.25, 0.3) is 0 Å². The van der Waals surface area contributed by atoms with Gasteiger partial charge in [0.1, 0.15) is 0 Å². The molecule has 1 aromatic rings. The number of aldehydes is 1. The van der Waals surface area contributed by atoms with Gasteiger partial charge in [0, 0.05) is 36.5 Å². The standard InChI is InChI=1S/C14H18N2O3/c1-2-3-11-6-7-15(9-11)14-5-4-13(16(18)19)8-12(14)10-17/h4-5,8,10-11H,2-3,6-7,9H2,1H3. The Morgan fingerprint density at radius 2 is 2.32 bits per heavy atom. The molecular formula is C14H18N2O3. The number of rotatable bonds is 5.